The van der Waals surface area contributed by atoms with Crippen LogP contribution in [0.15, 0.2) is 47.4 Å². The van der Waals surface area contributed by atoms with Crippen LogP contribution in [0.4, 0.5) is 0 Å². The van der Waals surface area contributed by atoms with E-state index in [0.717, 1.165) is 54.8 Å². The molecule has 0 radical (unpaired) electrons. The monoisotopic (exact) mass is 444 g/mol. The number of aryl methyl sites for hydroxylation is 2. The Labute approximate surface area is 200 Å². The smallest absolute Gasteiger partial charge is 0.159 e. The van der Waals surface area contributed by atoms with Gasteiger partial charge >= 0.3 is 0 Å². The number of benzene rings is 1. The molecule has 2 rings (SSSR count). The maximum atomic E-state index is 9.40. The number of nitriles is 1. The quantitative estimate of drug-likeness (QED) is 0.335. The van der Waals surface area contributed by atoms with Gasteiger partial charge in [-0.05, 0) is 93.0 Å². The second-order valence-electron chi connectivity index (χ2n) is 10.0. The Balaban J connectivity index is 2.14. The van der Waals surface area contributed by atoms with Gasteiger partial charge in [0.25, 0.3) is 0 Å². The van der Waals surface area contributed by atoms with Gasteiger partial charge in [0.05, 0.1) is 11.6 Å². The molecule has 0 unspecified atom stereocenters. The van der Waals surface area contributed by atoms with Crippen molar-refractivity contribution >= 4 is 5.71 Å². The molecular weight excluding hydrogens is 404 g/mol. The third kappa shape index (κ3) is 8.92. The van der Waals surface area contributed by atoms with Crippen molar-refractivity contribution in [1.29, 1.82) is 5.26 Å². The Morgan fingerprint density at radius 2 is 1.73 bits per heavy atom. The van der Waals surface area contributed by atoms with Crippen molar-refractivity contribution < 1.29 is 0 Å². The lowest BCUT2D eigenvalue weighted by atomic mass is 9.95. The van der Waals surface area contributed by atoms with E-state index in [-0.39, 0.29) is 0 Å². The molecule has 0 aliphatic heterocycles. The summed E-state index contributed by atoms with van der Waals surface area (Å²) in [5, 5.41) is 9.40. The van der Waals surface area contributed by atoms with E-state index in [4.69, 9.17) is 4.99 Å². The molecular formula is C29H40N4. The first-order valence-corrected chi connectivity index (χ1v) is 12.3. The summed E-state index contributed by atoms with van der Waals surface area (Å²) in [4.78, 5) is 14.0. The van der Waals surface area contributed by atoms with E-state index < -0.39 is 0 Å². The molecule has 0 bridgehead atoms. The summed E-state index contributed by atoms with van der Waals surface area (Å²) >= 11 is 0. The highest BCUT2D eigenvalue weighted by Crippen LogP contribution is 2.25. The summed E-state index contributed by atoms with van der Waals surface area (Å²) in [6, 6.07) is 8.13. The molecule has 2 aromatic rings. The molecule has 4 nitrogen and oxygen atoms in total. The van der Waals surface area contributed by atoms with Gasteiger partial charge < -0.3 is 0 Å². The van der Waals surface area contributed by atoms with Crippen molar-refractivity contribution in [1.82, 2.24) is 9.97 Å². The molecule has 1 heterocycles. The lowest BCUT2D eigenvalue weighted by molar-refractivity contribution is 0.585. The number of rotatable bonds is 11. The van der Waals surface area contributed by atoms with Gasteiger partial charge in [-0.2, -0.15) is 5.26 Å². The van der Waals surface area contributed by atoms with Crippen LogP contribution < -0.4 is 0 Å². The van der Waals surface area contributed by atoms with Gasteiger partial charge in [-0.25, -0.2) is 9.97 Å². The summed E-state index contributed by atoms with van der Waals surface area (Å²) < 4.78 is 0. The van der Waals surface area contributed by atoms with Crippen LogP contribution in [0.1, 0.15) is 84.4 Å². The number of hydrogen-bond acceptors (Lipinski definition) is 4. The molecule has 0 aliphatic carbocycles. The summed E-state index contributed by atoms with van der Waals surface area (Å²) in [6.07, 6.45) is 11.3. The molecule has 0 saturated carbocycles. The number of aromatic nitrogens is 2. The molecule has 33 heavy (non-hydrogen) atoms. The van der Waals surface area contributed by atoms with Crippen LogP contribution in [-0.2, 0) is 12.8 Å². The van der Waals surface area contributed by atoms with E-state index in [1.165, 1.54) is 11.3 Å². The Morgan fingerprint density at radius 1 is 1.03 bits per heavy atom. The lowest BCUT2D eigenvalue weighted by Gasteiger charge is -2.13. The molecule has 0 amide bonds. The van der Waals surface area contributed by atoms with Crippen molar-refractivity contribution in [2.24, 2.45) is 22.7 Å². The standard InChI is InChI=1S/C29H40N4/c1-20(2)11-12-25-18-31-29(32-19-25)27-14-13-24(17-30)16-26(27)10-8-9-23(7)15-28(21(3)4)33-22(5)6/h13-16,18-21,23H,8-12H2,1-7H3/b28-15-/t23-/m1/s1. The normalized spacial score (nSPS) is 12.7. The molecule has 4 heteroatoms. The Morgan fingerprint density at radius 3 is 2.30 bits per heavy atom. The van der Waals surface area contributed by atoms with Crippen LogP contribution in [-0.4, -0.2) is 15.7 Å². The minimum absolute atomic E-state index is 0.418. The highest BCUT2D eigenvalue weighted by atomic mass is 14.9. The maximum Gasteiger partial charge on any atom is 0.159 e. The third-order valence-electron chi connectivity index (χ3n) is 5.70. The zero-order chi connectivity index (χ0) is 24.4. The molecule has 1 atom stereocenters. The first-order chi connectivity index (χ1) is 15.7. The van der Waals surface area contributed by atoms with Gasteiger partial charge in [0.15, 0.2) is 5.82 Å². The Bertz CT molecular complexity index is 987. The fraction of sp³-hybridized carbons (Fsp3) is 0.517. The average Bonchev–Trinajstić information content (AvgIpc) is 2.77. The van der Waals surface area contributed by atoms with Gasteiger partial charge in [0.1, 0.15) is 0 Å². The predicted octanol–water partition coefficient (Wildman–Crippen LogP) is 7.58. The van der Waals surface area contributed by atoms with Crippen molar-refractivity contribution in [3.63, 3.8) is 0 Å². The van der Waals surface area contributed by atoms with Crippen molar-refractivity contribution in [3.05, 3.63) is 59.1 Å². The largest absolute Gasteiger partial charge is 0.263 e. The van der Waals surface area contributed by atoms with Gasteiger partial charge in [0, 0.05) is 29.4 Å². The van der Waals surface area contributed by atoms with E-state index in [1.807, 2.05) is 44.4 Å². The van der Waals surface area contributed by atoms with Gasteiger partial charge in [0.2, 0.25) is 0 Å². The first kappa shape index (κ1) is 26.5. The number of allylic oxidation sites excluding steroid dienone is 2. The van der Waals surface area contributed by atoms with Gasteiger partial charge in [-0.1, -0.05) is 40.7 Å². The van der Waals surface area contributed by atoms with E-state index in [2.05, 4.69) is 56.7 Å². The van der Waals surface area contributed by atoms with E-state index in [9.17, 15) is 5.26 Å². The molecule has 0 N–H and O–H groups in total. The Kier molecular flexibility index (Phi) is 10.5. The second kappa shape index (κ2) is 13.0. The fourth-order valence-electron chi connectivity index (χ4n) is 3.77. The summed E-state index contributed by atoms with van der Waals surface area (Å²) in [5.41, 5.74) is 6.29. The summed E-state index contributed by atoms with van der Waals surface area (Å²) in [6.45, 7) is 15.2. The van der Waals surface area contributed by atoms with Crippen molar-refractivity contribution in [2.75, 3.05) is 0 Å². The van der Waals surface area contributed by atoms with Crippen LogP contribution in [0.25, 0.3) is 11.4 Å². The number of aliphatic imine (C=N–C) groups is 1. The van der Waals surface area contributed by atoms with E-state index in [1.54, 1.807) is 0 Å². The molecule has 0 fully saturated rings. The minimum atomic E-state index is 0.418. The predicted molar refractivity (Wildman–Crippen MR) is 139 cm³/mol. The zero-order valence-electron chi connectivity index (χ0n) is 21.5. The highest BCUT2D eigenvalue weighted by molar-refractivity contribution is 5.80. The maximum absolute atomic E-state index is 9.40. The molecule has 0 saturated heterocycles. The minimum Gasteiger partial charge on any atom is -0.263 e. The average molecular weight is 445 g/mol. The second-order valence-corrected chi connectivity index (χ2v) is 10.0. The van der Waals surface area contributed by atoms with Gasteiger partial charge in [-0.3, -0.25) is 4.99 Å². The van der Waals surface area contributed by atoms with Gasteiger partial charge in [-0.15, -0.1) is 0 Å². The topological polar surface area (TPSA) is 61.9 Å². The third-order valence-corrected chi connectivity index (χ3v) is 5.70. The Hall–Kier alpha value is -2.80. The van der Waals surface area contributed by atoms with Crippen LogP contribution in [0.5, 0.6) is 0 Å². The first-order valence-electron chi connectivity index (χ1n) is 12.3. The van der Waals surface area contributed by atoms with Crippen LogP contribution in [0.2, 0.25) is 0 Å². The molecule has 1 aromatic heterocycles. The van der Waals surface area contributed by atoms with Crippen LogP contribution in [0, 0.1) is 29.1 Å². The number of nitrogens with zero attached hydrogens (tertiary/aromatic N) is 4. The zero-order valence-corrected chi connectivity index (χ0v) is 21.5. The summed E-state index contributed by atoms with van der Waals surface area (Å²) in [7, 11) is 0. The van der Waals surface area contributed by atoms with E-state index >= 15 is 0 Å². The molecule has 176 valence electrons. The highest BCUT2D eigenvalue weighted by Gasteiger charge is 2.11. The van der Waals surface area contributed by atoms with E-state index in [0.29, 0.717) is 23.3 Å². The van der Waals surface area contributed by atoms with Crippen LogP contribution >= 0.6 is 0 Å². The molecule has 1 aromatic carbocycles. The van der Waals surface area contributed by atoms with Crippen LogP contribution in [0.3, 0.4) is 0 Å². The van der Waals surface area contributed by atoms with Crippen molar-refractivity contribution in [3.8, 4) is 17.5 Å². The number of hydrogen-bond donors (Lipinski definition) is 0. The molecule has 0 aliphatic rings. The summed E-state index contributed by atoms with van der Waals surface area (Å²) in [5.74, 6) is 2.28. The lowest BCUT2D eigenvalue weighted by Crippen LogP contribution is -2.01. The SMILES string of the molecule is CC(C)=N/C(=C\[C@H](C)CCCc1cc(C#N)ccc1-c1ncc(CCC(C)C)cn1)C(C)C. The fourth-order valence-corrected chi connectivity index (χ4v) is 3.77. The van der Waals surface area contributed by atoms with Crippen molar-refractivity contribution in [2.45, 2.75) is 80.6 Å². The molecule has 0 spiro atoms.